The zero-order chi connectivity index (χ0) is 20.2. The van der Waals surface area contributed by atoms with Crippen LogP contribution in [0.2, 0.25) is 0 Å². The lowest BCUT2D eigenvalue weighted by Crippen LogP contribution is -2.43. The Bertz CT molecular complexity index is 879. The van der Waals surface area contributed by atoms with Gasteiger partial charge in [0.1, 0.15) is 0 Å². The first-order valence-corrected chi connectivity index (χ1v) is 10.9. The van der Waals surface area contributed by atoms with Gasteiger partial charge in [0.2, 0.25) is 5.91 Å². The van der Waals surface area contributed by atoms with E-state index in [4.69, 9.17) is 0 Å². The molecule has 3 heterocycles. The number of likely N-dealkylation sites (tertiary alicyclic amines) is 1. The Hall–Kier alpha value is -2.50. The number of hydrogen-bond acceptors (Lipinski definition) is 4. The molecule has 29 heavy (non-hydrogen) atoms. The fraction of sp³-hybridized carbons (Fsp3) is 0.565. The molecule has 2 fully saturated rings. The van der Waals surface area contributed by atoms with Crippen molar-refractivity contribution in [2.75, 3.05) is 13.1 Å². The fourth-order valence-electron chi connectivity index (χ4n) is 4.60. The van der Waals surface area contributed by atoms with Crippen molar-refractivity contribution in [3.63, 3.8) is 0 Å². The van der Waals surface area contributed by atoms with Gasteiger partial charge in [-0.3, -0.25) is 14.6 Å². The number of pyridine rings is 1. The van der Waals surface area contributed by atoms with Gasteiger partial charge in [-0.15, -0.1) is 0 Å². The van der Waals surface area contributed by atoms with Crippen LogP contribution in [-0.2, 0) is 11.3 Å². The molecule has 1 amide bonds. The van der Waals surface area contributed by atoms with Gasteiger partial charge in [0.05, 0.1) is 5.69 Å². The predicted molar refractivity (Wildman–Crippen MR) is 112 cm³/mol. The zero-order valence-corrected chi connectivity index (χ0v) is 17.2. The van der Waals surface area contributed by atoms with Crippen LogP contribution in [0.5, 0.6) is 0 Å². The monoisotopic (exact) mass is 394 g/mol. The van der Waals surface area contributed by atoms with Crippen molar-refractivity contribution in [1.29, 1.82) is 0 Å². The zero-order valence-electron chi connectivity index (χ0n) is 17.2. The number of carbonyl (C=O) groups is 1. The van der Waals surface area contributed by atoms with Gasteiger partial charge in [0.25, 0.3) is 5.56 Å². The molecule has 1 aliphatic heterocycles. The SMILES string of the molecule is CC1CCC(C(=O)N2CCC(Cn3nc(-c4ccncc4)ccc3=O)CC2)CC1. The Morgan fingerprint density at radius 1 is 1.00 bits per heavy atom. The lowest BCUT2D eigenvalue weighted by Gasteiger charge is -2.36. The van der Waals surface area contributed by atoms with Gasteiger partial charge >= 0.3 is 0 Å². The van der Waals surface area contributed by atoms with E-state index in [1.165, 1.54) is 12.8 Å². The first-order chi connectivity index (χ1) is 14.1. The molecule has 6 heteroatoms. The molecule has 2 aromatic heterocycles. The van der Waals surface area contributed by atoms with Gasteiger partial charge in [0.15, 0.2) is 0 Å². The van der Waals surface area contributed by atoms with E-state index >= 15 is 0 Å². The van der Waals surface area contributed by atoms with Crippen LogP contribution in [0.15, 0.2) is 41.5 Å². The average molecular weight is 395 g/mol. The van der Waals surface area contributed by atoms with Crippen LogP contribution >= 0.6 is 0 Å². The van der Waals surface area contributed by atoms with E-state index in [1.807, 2.05) is 12.1 Å². The van der Waals surface area contributed by atoms with E-state index in [2.05, 4.69) is 21.9 Å². The van der Waals surface area contributed by atoms with E-state index in [1.54, 1.807) is 29.2 Å². The summed E-state index contributed by atoms with van der Waals surface area (Å²) in [5, 5.41) is 4.57. The highest BCUT2D eigenvalue weighted by Crippen LogP contribution is 2.31. The van der Waals surface area contributed by atoms with Crippen LogP contribution in [0.3, 0.4) is 0 Å². The van der Waals surface area contributed by atoms with Crippen molar-refractivity contribution >= 4 is 5.91 Å². The van der Waals surface area contributed by atoms with Crippen molar-refractivity contribution in [2.45, 2.75) is 52.0 Å². The van der Waals surface area contributed by atoms with Crippen molar-refractivity contribution in [3.05, 3.63) is 47.0 Å². The molecule has 154 valence electrons. The molecule has 4 rings (SSSR count). The molecule has 0 bridgehead atoms. The average Bonchev–Trinajstić information content (AvgIpc) is 2.76. The summed E-state index contributed by atoms with van der Waals surface area (Å²) in [4.78, 5) is 31.2. The summed E-state index contributed by atoms with van der Waals surface area (Å²) in [5.41, 5.74) is 1.67. The minimum Gasteiger partial charge on any atom is -0.342 e. The number of hydrogen-bond donors (Lipinski definition) is 0. The summed E-state index contributed by atoms with van der Waals surface area (Å²) in [7, 11) is 0. The van der Waals surface area contributed by atoms with Crippen molar-refractivity contribution in [2.24, 2.45) is 17.8 Å². The number of rotatable bonds is 4. The first kappa shape index (κ1) is 19.8. The lowest BCUT2D eigenvalue weighted by atomic mass is 9.82. The molecule has 1 saturated carbocycles. The first-order valence-electron chi connectivity index (χ1n) is 10.9. The second-order valence-electron chi connectivity index (χ2n) is 8.70. The minimum atomic E-state index is -0.0716. The maximum atomic E-state index is 12.8. The molecule has 6 nitrogen and oxygen atoms in total. The van der Waals surface area contributed by atoms with Crippen LogP contribution < -0.4 is 5.56 Å². The highest BCUT2D eigenvalue weighted by molar-refractivity contribution is 5.79. The largest absolute Gasteiger partial charge is 0.342 e. The Labute approximate surface area is 172 Å². The van der Waals surface area contributed by atoms with Crippen LogP contribution in [0.25, 0.3) is 11.3 Å². The quantitative estimate of drug-likeness (QED) is 0.797. The Morgan fingerprint density at radius 2 is 1.69 bits per heavy atom. The summed E-state index contributed by atoms with van der Waals surface area (Å²) < 4.78 is 1.58. The van der Waals surface area contributed by atoms with E-state index in [0.717, 1.165) is 55.9 Å². The highest BCUT2D eigenvalue weighted by Gasteiger charge is 2.30. The van der Waals surface area contributed by atoms with E-state index < -0.39 is 0 Å². The van der Waals surface area contributed by atoms with Crippen molar-refractivity contribution < 1.29 is 4.79 Å². The van der Waals surface area contributed by atoms with E-state index in [-0.39, 0.29) is 11.5 Å². The summed E-state index contributed by atoms with van der Waals surface area (Å²) >= 11 is 0. The number of aromatic nitrogens is 3. The second kappa shape index (κ2) is 8.89. The fourth-order valence-corrected chi connectivity index (χ4v) is 4.60. The molecule has 2 aromatic rings. The molecular weight excluding hydrogens is 364 g/mol. The van der Waals surface area contributed by atoms with Gasteiger partial charge in [-0.1, -0.05) is 6.92 Å². The van der Waals surface area contributed by atoms with Gasteiger partial charge in [-0.25, -0.2) is 4.68 Å². The summed E-state index contributed by atoms with van der Waals surface area (Å²) in [5.74, 6) is 1.72. The van der Waals surface area contributed by atoms with Gasteiger partial charge < -0.3 is 4.90 Å². The smallest absolute Gasteiger partial charge is 0.266 e. The molecule has 0 spiro atoms. The van der Waals surface area contributed by atoms with Gasteiger partial charge in [-0.2, -0.15) is 5.10 Å². The van der Waals surface area contributed by atoms with Crippen LogP contribution in [0.4, 0.5) is 0 Å². The maximum Gasteiger partial charge on any atom is 0.266 e. The number of nitrogens with zero attached hydrogens (tertiary/aromatic N) is 4. The Balaban J connectivity index is 1.35. The number of piperidine rings is 1. The standard InChI is InChI=1S/C23H30N4O2/c1-17-2-4-20(5-3-17)23(29)26-14-10-18(11-15-26)16-27-22(28)7-6-21(25-27)19-8-12-24-13-9-19/h6-9,12-13,17-18,20H,2-5,10-11,14-16H2,1H3. The molecule has 0 N–H and O–H groups in total. The third-order valence-corrected chi connectivity index (χ3v) is 6.57. The molecule has 0 radical (unpaired) electrons. The summed E-state index contributed by atoms with van der Waals surface area (Å²) in [6, 6.07) is 7.15. The van der Waals surface area contributed by atoms with Crippen LogP contribution in [0, 0.1) is 17.8 Å². The Morgan fingerprint density at radius 3 is 2.38 bits per heavy atom. The minimum absolute atomic E-state index is 0.0716. The van der Waals surface area contributed by atoms with Crippen molar-refractivity contribution in [1.82, 2.24) is 19.7 Å². The number of carbonyl (C=O) groups excluding carboxylic acids is 1. The number of amides is 1. The topological polar surface area (TPSA) is 68.1 Å². The predicted octanol–water partition coefficient (Wildman–Crippen LogP) is 3.37. The molecule has 0 aromatic carbocycles. The second-order valence-corrected chi connectivity index (χ2v) is 8.70. The molecule has 1 saturated heterocycles. The Kier molecular flexibility index (Phi) is 6.07. The van der Waals surface area contributed by atoms with Crippen molar-refractivity contribution in [3.8, 4) is 11.3 Å². The van der Waals surface area contributed by atoms with E-state index in [9.17, 15) is 9.59 Å². The summed E-state index contributed by atoms with van der Waals surface area (Å²) in [6.45, 7) is 4.50. The molecule has 0 unspecified atom stereocenters. The van der Waals surface area contributed by atoms with E-state index in [0.29, 0.717) is 18.4 Å². The third kappa shape index (κ3) is 4.74. The highest BCUT2D eigenvalue weighted by atomic mass is 16.2. The van der Waals surface area contributed by atoms with Gasteiger partial charge in [0, 0.05) is 49.6 Å². The lowest BCUT2D eigenvalue weighted by molar-refractivity contribution is -0.138. The molecule has 0 atom stereocenters. The van der Waals surface area contributed by atoms with Gasteiger partial charge in [-0.05, 0) is 68.6 Å². The molecule has 1 aliphatic carbocycles. The normalized spacial score (nSPS) is 23.1. The third-order valence-electron chi connectivity index (χ3n) is 6.57. The molecule has 2 aliphatic rings. The maximum absolute atomic E-state index is 12.8. The summed E-state index contributed by atoms with van der Waals surface area (Å²) in [6.07, 6.45) is 9.76. The van der Waals surface area contributed by atoms with Crippen LogP contribution in [0.1, 0.15) is 45.4 Å². The van der Waals surface area contributed by atoms with Crippen LogP contribution in [-0.4, -0.2) is 38.7 Å². The molecular formula is C23H30N4O2.